The summed E-state index contributed by atoms with van der Waals surface area (Å²) in [5, 5.41) is 6.29. The molecule has 4 heteroatoms. The third-order valence-corrected chi connectivity index (χ3v) is 3.76. The first-order chi connectivity index (χ1) is 10.1. The predicted molar refractivity (Wildman–Crippen MR) is 85.2 cm³/mol. The molecule has 1 aromatic rings. The molecule has 1 unspecified atom stereocenters. The first kappa shape index (κ1) is 16.0. The fraction of sp³-hybridized carbons (Fsp3) is 0.588. The molecule has 1 amide bonds. The average molecular weight is 290 g/mol. The third kappa shape index (κ3) is 5.86. The molecule has 2 N–H and O–H groups in total. The lowest BCUT2D eigenvalue weighted by Crippen LogP contribution is -2.15. The van der Waals surface area contributed by atoms with E-state index in [0.717, 1.165) is 30.8 Å². The topological polar surface area (TPSA) is 50.4 Å². The number of hydrogen-bond donors (Lipinski definition) is 2. The molecule has 2 rings (SSSR count). The molecule has 4 nitrogen and oxygen atoms in total. The predicted octanol–water partition coefficient (Wildman–Crippen LogP) is 2.94. The molecule has 116 valence electrons. The summed E-state index contributed by atoms with van der Waals surface area (Å²) in [6.07, 6.45) is 3.00. The zero-order valence-electron chi connectivity index (χ0n) is 13.0. The maximum Gasteiger partial charge on any atom is 0.224 e. The van der Waals surface area contributed by atoms with E-state index in [-0.39, 0.29) is 12.0 Å². The van der Waals surface area contributed by atoms with Gasteiger partial charge in [-0.2, -0.15) is 0 Å². The number of hydrogen-bond acceptors (Lipinski definition) is 3. The lowest BCUT2D eigenvalue weighted by molar-refractivity contribution is -0.116. The van der Waals surface area contributed by atoms with Gasteiger partial charge in [0.1, 0.15) is 0 Å². The molecule has 21 heavy (non-hydrogen) atoms. The number of benzene rings is 1. The molecule has 0 bridgehead atoms. The van der Waals surface area contributed by atoms with Gasteiger partial charge in [-0.25, -0.2) is 0 Å². The smallest absolute Gasteiger partial charge is 0.224 e. The van der Waals surface area contributed by atoms with Gasteiger partial charge in [-0.05, 0) is 63.4 Å². The Hall–Kier alpha value is -1.39. The monoisotopic (exact) mass is 290 g/mol. The minimum Gasteiger partial charge on any atom is -0.374 e. The number of carbonyl (C=O) groups excluding carboxylic acids is 1. The number of amides is 1. The van der Waals surface area contributed by atoms with Gasteiger partial charge in [-0.3, -0.25) is 4.79 Å². The van der Waals surface area contributed by atoms with Crippen LogP contribution in [0.15, 0.2) is 24.3 Å². The number of rotatable bonds is 7. The summed E-state index contributed by atoms with van der Waals surface area (Å²) in [6, 6.07) is 7.87. The quantitative estimate of drug-likeness (QED) is 0.812. The van der Waals surface area contributed by atoms with Crippen molar-refractivity contribution in [2.75, 3.05) is 18.4 Å². The SMILES string of the molecule is CC(C)OCc1ccc(NC(=O)CCC2CCNC2)cc1. The van der Waals surface area contributed by atoms with E-state index >= 15 is 0 Å². The Labute approximate surface area is 127 Å². The van der Waals surface area contributed by atoms with Gasteiger partial charge >= 0.3 is 0 Å². The molecule has 1 aliphatic heterocycles. The van der Waals surface area contributed by atoms with Gasteiger partial charge in [0.15, 0.2) is 0 Å². The Bertz CT molecular complexity index is 437. The fourth-order valence-electron chi connectivity index (χ4n) is 2.47. The van der Waals surface area contributed by atoms with E-state index in [2.05, 4.69) is 10.6 Å². The molecule has 0 spiro atoms. The molecule has 1 aliphatic rings. The van der Waals surface area contributed by atoms with E-state index in [4.69, 9.17) is 4.74 Å². The van der Waals surface area contributed by atoms with E-state index in [1.165, 1.54) is 6.42 Å². The van der Waals surface area contributed by atoms with Crippen LogP contribution in [0.4, 0.5) is 5.69 Å². The van der Waals surface area contributed by atoms with E-state index in [1.54, 1.807) is 0 Å². The molecular formula is C17H26N2O2. The van der Waals surface area contributed by atoms with E-state index in [0.29, 0.717) is 18.9 Å². The van der Waals surface area contributed by atoms with Crippen molar-refractivity contribution < 1.29 is 9.53 Å². The Kier molecular flexibility index (Phi) is 6.21. The minimum atomic E-state index is 0.105. The summed E-state index contributed by atoms with van der Waals surface area (Å²) in [4.78, 5) is 11.9. The van der Waals surface area contributed by atoms with Crippen LogP contribution in [0, 0.1) is 5.92 Å². The van der Waals surface area contributed by atoms with Gasteiger partial charge in [-0.1, -0.05) is 12.1 Å². The van der Waals surface area contributed by atoms with Gasteiger partial charge in [-0.15, -0.1) is 0 Å². The highest BCUT2D eigenvalue weighted by atomic mass is 16.5. The lowest BCUT2D eigenvalue weighted by atomic mass is 10.0. The first-order valence-corrected chi connectivity index (χ1v) is 7.84. The second-order valence-electron chi connectivity index (χ2n) is 6.00. The summed E-state index contributed by atoms with van der Waals surface area (Å²) in [6.45, 7) is 6.80. The number of carbonyl (C=O) groups is 1. The Morgan fingerprint density at radius 1 is 1.38 bits per heavy atom. The molecule has 0 radical (unpaired) electrons. The second-order valence-corrected chi connectivity index (χ2v) is 6.00. The van der Waals surface area contributed by atoms with Crippen molar-refractivity contribution in [1.82, 2.24) is 5.32 Å². The zero-order valence-corrected chi connectivity index (χ0v) is 13.0. The summed E-state index contributed by atoms with van der Waals surface area (Å²) in [7, 11) is 0. The molecule has 0 aromatic heterocycles. The van der Waals surface area contributed by atoms with Crippen LogP contribution in [0.25, 0.3) is 0 Å². The number of nitrogens with one attached hydrogen (secondary N) is 2. The third-order valence-electron chi connectivity index (χ3n) is 3.76. The maximum absolute atomic E-state index is 11.9. The van der Waals surface area contributed by atoms with Crippen LogP contribution in [-0.4, -0.2) is 25.1 Å². The normalized spacial score (nSPS) is 18.1. The van der Waals surface area contributed by atoms with Gasteiger partial charge in [0, 0.05) is 12.1 Å². The Morgan fingerprint density at radius 2 is 2.14 bits per heavy atom. The first-order valence-electron chi connectivity index (χ1n) is 7.84. The molecule has 1 saturated heterocycles. The fourth-order valence-corrected chi connectivity index (χ4v) is 2.47. The standard InChI is InChI=1S/C17H26N2O2/c1-13(2)21-12-15-3-6-16(7-4-15)19-17(20)8-5-14-9-10-18-11-14/h3-4,6-7,13-14,18H,5,8-12H2,1-2H3,(H,19,20). The number of ether oxygens (including phenoxy) is 1. The van der Waals surface area contributed by atoms with Gasteiger partial charge < -0.3 is 15.4 Å². The second kappa shape index (κ2) is 8.15. The summed E-state index contributed by atoms with van der Waals surface area (Å²) < 4.78 is 5.55. The largest absolute Gasteiger partial charge is 0.374 e. The molecule has 1 fully saturated rings. The molecule has 1 heterocycles. The van der Waals surface area contributed by atoms with Crippen LogP contribution < -0.4 is 10.6 Å². The van der Waals surface area contributed by atoms with Gasteiger partial charge in [0.05, 0.1) is 12.7 Å². The van der Waals surface area contributed by atoms with Gasteiger partial charge in [0.2, 0.25) is 5.91 Å². The molecule has 0 aliphatic carbocycles. The summed E-state index contributed by atoms with van der Waals surface area (Å²) in [5.74, 6) is 0.763. The Morgan fingerprint density at radius 3 is 2.76 bits per heavy atom. The molecule has 1 aromatic carbocycles. The summed E-state index contributed by atoms with van der Waals surface area (Å²) >= 11 is 0. The van der Waals surface area contributed by atoms with Crippen molar-refractivity contribution in [1.29, 1.82) is 0 Å². The maximum atomic E-state index is 11.9. The van der Waals surface area contributed by atoms with Crippen molar-refractivity contribution >= 4 is 11.6 Å². The Balaban J connectivity index is 1.72. The van der Waals surface area contributed by atoms with Crippen LogP contribution in [0.2, 0.25) is 0 Å². The van der Waals surface area contributed by atoms with Crippen LogP contribution >= 0.6 is 0 Å². The van der Waals surface area contributed by atoms with Crippen LogP contribution in [-0.2, 0) is 16.1 Å². The van der Waals surface area contributed by atoms with Crippen LogP contribution in [0.3, 0.4) is 0 Å². The molecule has 1 atom stereocenters. The van der Waals surface area contributed by atoms with Crippen molar-refractivity contribution in [2.45, 2.75) is 45.8 Å². The molecular weight excluding hydrogens is 264 g/mol. The van der Waals surface area contributed by atoms with E-state index in [9.17, 15) is 4.79 Å². The van der Waals surface area contributed by atoms with Crippen LogP contribution in [0.5, 0.6) is 0 Å². The van der Waals surface area contributed by atoms with Crippen molar-refractivity contribution in [3.8, 4) is 0 Å². The minimum absolute atomic E-state index is 0.105. The van der Waals surface area contributed by atoms with E-state index < -0.39 is 0 Å². The van der Waals surface area contributed by atoms with Gasteiger partial charge in [0.25, 0.3) is 0 Å². The van der Waals surface area contributed by atoms with Crippen LogP contribution in [0.1, 0.15) is 38.7 Å². The van der Waals surface area contributed by atoms with Crippen molar-refractivity contribution in [2.24, 2.45) is 5.92 Å². The lowest BCUT2D eigenvalue weighted by Gasteiger charge is -2.10. The highest BCUT2D eigenvalue weighted by Gasteiger charge is 2.15. The number of anilines is 1. The highest BCUT2D eigenvalue weighted by molar-refractivity contribution is 5.90. The molecule has 0 saturated carbocycles. The highest BCUT2D eigenvalue weighted by Crippen LogP contribution is 2.16. The average Bonchev–Trinajstić information content (AvgIpc) is 2.98. The van der Waals surface area contributed by atoms with Crippen molar-refractivity contribution in [3.05, 3.63) is 29.8 Å². The van der Waals surface area contributed by atoms with Crippen molar-refractivity contribution in [3.63, 3.8) is 0 Å². The van der Waals surface area contributed by atoms with E-state index in [1.807, 2.05) is 38.1 Å². The zero-order chi connectivity index (χ0) is 15.1. The summed E-state index contributed by atoms with van der Waals surface area (Å²) in [5.41, 5.74) is 1.98.